The molecule has 4 heterocycles. The Balaban J connectivity index is 1.71. The maximum atomic E-state index is 13.4. The van der Waals surface area contributed by atoms with E-state index in [0.717, 1.165) is 24.1 Å². The van der Waals surface area contributed by atoms with Crippen LogP contribution in [0.1, 0.15) is 42.1 Å². The van der Waals surface area contributed by atoms with Gasteiger partial charge in [0, 0.05) is 56.2 Å². The van der Waals surface area contributed by atoms with Crippen LogP contribution in [0.25, 0.3) is 0 Å². The fraction of sp³-hybridized carbons (Fsp3) is 0.550. The van der Waals surface area contributed by atoms with E-state index in [-0.39, 0.29) is 29.0 Å². The number of fused-ring (bicyclic) bond motifs is 1. The summed E-state index contributed by atoms with van der Waals surface area (Å²) in [5.74, 6) is 0.720. The molecule has 0 atom stereocenters. The number of pyridine rings is 1. The molecule has 174 valence electrons. The summed E-state index contributed by atoms with van der Waals surface area (Å²) in [4.78, 5) is 19.8. The zero-order valence-electron chi connectivity index (χ0n) is 18.6. The van der Waals surface area contributed by atoms with Crippen molar-refractivity contribution in [2.45, 2.75) is 43.6 Å². The molecule has 8 nitrogen and oxygen atoms in total. The first kappa shape index (κ1) is 24.8. The Labute approximate surface area is 205 Å². The van der Waals surface area contributed by atoms with Gasteiger partial charge in [0.1, 0.15) is 29.4 Å². The lowest BCUT2D eigenvalue weighted by molar-refractivity contribution is 0.0647. The second kappa shape index (κ2) is 9.77. The number of halogens is 3. The van der Waals surface area contributed by atoms with Gasteiger partial charge in [-0.3, -0.25) is 4.68 Å². The topological polar surface area (TPSA) is 72.7 Å². The molecule has 14 heteroatoms. The van der Waals surface area contributed by atoms with Crippen LogP contribution in [0.2, 0.25) is 5.02 Å². The highest BCUT2D eigenvalue weighted by Crippen LogP contribution is 2.37. The van der Waals surface area contributed by atoms with Gasteiger partial charge in [-0.1, -0.05) is 11.6 Å². The molecule has 0 saturated carbocycles. The van der Waals surface area contributed by atoms with E-state index in [1.54, 1.807) is 11.9 Å². The molecule has 34 heavy (non-hydrogen) atoms. The highest BCUT2D eigenvalue weighted by molar-refractivity contribution is 6.58. The fourth-order valence-corrected chi connectivity index (χ4v) is 4.39. The van der Waals surface area contributed by atoms with Crippen molar-refractivity contribution in [3.8, 4) is 0 Å². The zero-order valence-corrected chi connectivity index (χ0v) is 19.3. The van der Waals surface area contributed by atoms with Crippen molar-refractivity contribution in [3.63, 3.8) is 0 Å². The lowest BCUT2D eigenvalue weighted by Gasteiger charge is -2.32. The number of alkyl halides is 2. The summed E-state index contributed by atoms with van der Waals surface area (Å²) in [5.41, 5.74) is 1.36. The number of aromatic nitrogens is 3. The average molecular weight is 485 g/mol. The van der Waals surface area contributed by atoms with E-state index in [0.29, 0.717) is 32.0 Å². The fourth-order valence-electron chi connectivity index (χ4n) is 4.20. The number of hydrogen-bond acceptors (Lipinski definition) is 6. The molecule has 2 aromatic heterocycles. The second-order valence-electron chi connectivity index (χ2n) is 8.35. The third kappa shape index (κ3) is 5.20. The standard InChI is InChI=1S/C20H21B3ClF2N5O3/c1-29(16-8-12(17(25)26)14(24)9-27-16)18-13-10-30(19(32)34-20(21,22)23)5-2-15(13)31(28-18)11-3-6-33-7-4-11/h8-9,11,17H,2-7,10H2,1H3. The maximum Gasteiger partial charge on any atom is 0.408 e. The minimum atomic E-state index is -2.76. The largest absolute Gasteiger partial charge is 0.473 e. The van der Waals surface area contributed by atoms with E-state index in [1.807, 2.05) is 4.68 Å². The van der Waals surface area contributed by atoms with Gasteiger partial charge in [-0.25, -0.2) is 18.6 Å². The normalized spacial score (nSPS) is 17.0. The number of nitrogens with zero attached hydrogens (tertiary/aromatic N) is 5. The van der Waals surface area contributed by atoms with Gasteiger partial charge < -0.3 is 19.3 Å². The van der Waals surface area contributed by atoms with Gasteiger partial charge in [0.25, 0.3) is 6.43 Å². The Morgan fingerprint density at radius 2 is 2.06 bits per heavy atom. The van der Waals surface area contributed by atoms with Crippen LogP contribution in [0.15, 0.2) is 12.3 Å². The number of rotatable bonds is 5. The Hall–Kier alpha value is -2.27. The van der Waals surface area contributed by atoms with Crippen LogP contribution >= 0.6 is 11.6 Å². The van der Waals surface area contributed by atoms with Crippen molar-refractivity contribution in [2.24, 2.45) is 0 Å². The van der Waals surface area contributed by atoms with Gasteiger partial charge >= 0.3 is 6.09 Å². The molecular weight excluding hydrogens is 464 g/mol. The first-order valence-corrected chi connectivity index (χ1v) is 11.1. The maximum absolute atomic E-state index is 13.4. The SMILES string of the molecule is [B]C([B])([B])OC(=O)N1CCc2c(c(N(C)c3cc(C(F)F)c(Cl)cn3)nn2C2CCOCC2)C1. The zero-order chi connectivity index (χ0) is 24.6. The third-order valence-electron chi connectivity index (χ3n) is 5.89. The van der Waals surface area contributed by atoms with Crippen molar-refractivity contribution < 1.29 is 23.0 Å². The van der Waals surface area contributed by atoms with Crippen molar-refractivity contribution in [1.29, 1.82) is 0 Å². The van der Waals surface area contributed by atoms with Crippen LogP contribution in [0.4, 0.5) is 25.2 Å². The summed E-state index contributed by atoms with van der Waals surface area (Å²) in [7, 11) is 17.9. The lowest BCUT2D eigenvalue weighted by Crippen LogP contribution is -2.44. The van der Waals surface area contributed by atoms with Crippen molar-refractivity contribution in [1.82, 2.24) is 19.7 Å². The molecular formula is C20H21B3ClF2N5O3. The molecule has 2 aliphatic rings. The van der Waals surface area contributed by atoms with Crippen molar-refractivity contribution >= 4 is 52.9 Å². The van der Waals surface area contributed by atoms with Crippen molar-refractivity contribution in [2.75, 3.05) is 31.7 Å². The molecule has 4 rings (SSSR count). The summed E-state index contributed by atoms with van der Waals surface area (Å²) in [6.07, 6.45) is -0.280. The number of carbonyl (C=O) groups is 1. The number of anilines is 2. The van der Waals surface area contributed by atoms with Crippen LogP contribution in [0.3, 0.4) is 0 Å². The highest BCUT2D eigenvalue weighted by atomic mass is 35.5. The van der Waals surface area contributed by atoms with E-state index < -0.39 is 17.8 Å². The number of hydrogen-bond donors (Lipinski definition) is 0. The molecule has 1 saturated heterocycles. The van der Waals surface area contributed by atoms with Crippen LogP contribution < -0.4 is 4.90 Å². The molecule has 6 radical (unpaired) electrons. The average Bonchev–Trinajstić information content (AvgIpc) is 3.17. The summed E-state index contributed by atoms with van der Waals surface area (Å²) in [5, 5.41) is 2.60. The Kier molecular flexibility index (Phi) is 7.14. The summed E-state index contributed by atoms with van der Waals surface area (Å²) in [6.45, 7) is 1.72. The smallest absolute Gasteiger partial charge is 0.408 e. The molecule has 0 N–H and O–H groups in total. The summed E-state index contributed by atoms with van der Waals surface area (Å²) >= 11 is 5.89. The van der Waals surface area contributed by atoms with Crippen molar-refractivity contribution in [3.05, 3.63) is 34.1 Å². The van der Waals surface area contributed by atoms with Gasteiger partial charge in [-0.2, -0.15) is 5.10 Å². The minimum Gasteiger partial charge on any atom is -0.473 e. The highest BCUT2D eigenvalue weighted by Gasteiger charge is 2.33. The van der Waals surface area contributed by atoms with E-state index in [2.05, 4.69) is 4.98 Å². The van der Waals surface area contributed by atoms with Crippen LogP contribution in [0, 0.1) is 0 Å². The predicted molar refractivity (Wildman–Crippen MR) is 124 cm³/mol. The Bertz CT molecular complexity index is 1060. The molecule has 0 bridgehead atoms. The van der Waals surface area contributed by atoms with Gasteiger partial charge in [0.15, 0.2) is 5.82 Å². The van der Waals surface area contributed by atoms with Gasteiger partial charge in [-0.15, -0.1) is 0 Å². The quantitative estimate of drug-likeness (QED) is 0.607. The molecule has 2 aromatic rings. The first-order chi connectivity index (χ1) is 16.0. The minimum absolute atomic E-state index is 0.114. The van der Waals surface area contributed by atoms with Gasteiger partial charge in [0.05, 0.1) is 17.6 Å². The number of carbonyl (C=O) groups excluding carboxylic acids is 1. The number of ether oxygens (including phenoxy) is 2. The summed E-state index contributed by atoms with van der Waals surface area (Å²) in [6, 6.07) is 1.34. The van der Waals surface area contributed by atoms with Gasteiger partial charge in [-0.05, 0) is 24.2 Å². The van der Waals surface area contributed by atoms with Crippen LogP contribution in [-0.2, 0) is 22.4 Å². The molecule has 1 amide bonds. The van der Waals surface area contributed by atoms with E-state index in [9.17, 15) is 13.6 Å². The molecule has 1 fully saturated rings. The molecule has 2 aliphatic heterocycles. The molecule has 0 unspecified atom stereocenters. The first-order valence-electron chi connectivity index (χ1n) is 10.7. The summed E-state index contributed by atoms with van der Waals surface area (Å²) < 4.78 is 39.2. The van der Waals surface area contributed by atoms with E-state index >= 15 is 0 Å². The van der Waals surface area contributed by atoms with E-state index in [1.165, 1.54) is 17.2 Å². The molecule has 0 aromatic carbocycles. The monoisotopic (exact) mass is 485 g/mol. The number of amides is 1. The molecule has 0 aliphatic carbocycles. The Morgan fingerprint density at radius 3 is 2.71 bits per heavy atom. The predicted octanol–water partition coefficient (Wildman–Crippen LogP) is 2.60. The van der Waals surface area contributed by atoms with E-state index in [4.69, 9.17) is 49.7 Å². The van der Waals surface area contributed by atoms with Gasteiger partial charge in [0.2, 0.25) is 0 Å². The third-order valence-corrected chi connectivity index (χ3v) is 6.21. The molecule has 0 spiro atoms. The Morgan fingerprint density at radius 1 is 1.35 bits per heavy atom. The second-order valence-corrected chi connectivity index (χ2v) is 8.76. The van der Waals surface area contributed by atoms with Crippen LogP contribution in [0.5, 0.6) is 0 Å². The lowest BCUT2D eigenvalue weighted by atomic mass is 9.52. The van der Waals surface area contributed by atoms with Crippen LogP contribution in [-0.4, -0.2) is 81.4 Å².